The van der Waals surface area contributed by atoms with Gasteiger partial charge in [-0.15, -0.1) is 0 Å². The van der Waals surface area contributed by atoms with E-state index in [0.29, 0.717) is 55.8 Å². The van der Waals surface area contributed by atoms with Gasteiger partial charge >= 0.3 is 6.18 Å². The van der Waals surface area contributed by atoms with Gasteiger partial charge in [-0.25, -0.2) is 4.98 Å². The summed E-state index contributed by atoms with van der Waals surface area (Å²) < 4.78 is 44.0. The largest absolute Gasteiger partial charge is 0.416 e. The van der Waals surface area contributed by atoms with E-state index in [9.17, 15) is 18.0 Å². The second-order valence-electron chi connectivity index (χ2n) is 9.41. The summed E-state index contributed by atoms with van der Waals surface area (Å²) in [5.74, 6) is 0.663. The molecule has 4 aromatic rings. The summed E-state index contributed by atoms with van der Waals surface area (Å²) in [4.78, 5) is 23.7. The second kappa shape index (κ2) is 11.9. The van der Waals surface area contributed by atoms with Crippen LogP contribution in [-0.4, -0.2) is 52.9 Å². The molecular formula is C29H28F3N5OS. The summed E-state index contributed by atoms with van der Waals surface area (Å²) in [7, 11) is 0. The van der Waals surface area contributed by atoms with Gasteiger partial charge in [0.15, 0.2) is 0 Å². The van der Waals surface area contributed by atoms with Crippen LogP contribution in [0, 0.1) is 0 Å². The molecule has 0 N–H and O–H groups in total. The number of piperazine rings is 1. The van der Waals surface area contributed by atoms with Crippen molar-refractivity contribution < 1.29 is 18.0 Å². The average Bonchev–Trinajstić information content (AvgIpc) is 3.42. The molecule has 1 fully saturated rings. The van der Waals surface area contributed by atoms with Gasteiger partial charge in [0.2, 0.25) is 11.0 Å². The smallest absolute Gasteiger partial charge is 0.368 e. The number of carbonyl (C=O) groups excluding carboxylic acids is 1. The number of halogens is 3. The fourth-order valence-corrected chi connectivity index (χ4v) is 5.26. The number of aromatic nitrogens is 2. The Kier molecular flexibility index (Phi) is 8.11. The van der Waals surface area contributed by atoms with E-state index in [1.165, 1.54) is 23.7 Å². The van der Waals surface area contributed by atoms with Crippen molar-refractivity contribution in [2.45, 2.75) is 19.1 Å². The number of alkyl halides is 3. The number of amides is 1. The van der Waals surface area contributed by atoms with Crippen LogP contribution in [0.15, 0.2) is 84.9 Å². The third-order valence-corrected chi connectivity index (χ3v) is 7.46. The lowest BCUT2D eigenvalue weighted by molar-refractivity contribution is -0.137. The molecule has 39 heavy (non-hydrogen) atoms. The van der Waals surface area contributed by atoms with Crippen LogP contribution in [0.1, 0.15) is 22.5 Å². The highest BCUT2D eigenvalue weighted by atomic mass is 32.1. The normalized spacial score (nSPS) is 13.9. The van der Waals surface area contributed by atoms with Crippen LogP contribution in [0.3, 0.4) is 0 Å². The van der Waals surface area contributed by atoms with Crippen molar-refractivity contribution >= 4 is 28.3 Å². The maximum absolute atomic E-state index is 13.4. The Hall–Kier alpha value is -3.92. The number of carbonyl (C=O) groups is 1. The molecule has 0 bridgehead atoms. The Morgan fingerprint density at radius 3 is 2.21 bits per heavy atom. The van der Waals surface area contributed by atoms with E-state index in [-0.39, 0.29) is 12.5 Å². The first-order chi connectivity index (χ1) is 18.8. The van der Waals surface area contributed by atoms with Gasteiger partial charge in [-0.3, -0.25) is 4.79 Å². The fourth-order valence-electron chi connectivity index (χ4n) is 4.57. The lowest BCUT2D eigenvalue weighted by Gasteiger charge is -2.37. The summed E-state index contributed by atoms with van der Waals surface area (Å²) in [6, 6.07) is 25.2. The Morgan fingerprint density at radius 1 is 0.872 bits per heavy atom. The first kappa shape index (κ1) is 26.7. The third kappa shape index (κ3) is 6.94. The van der Waals surface area contributed by atoms with Crippen molar-refractivity contribution in [2.75, 3.05) is 42.5 Å². The zero-order valence-corrected chi connectivity index (χ0v) is 22.0. The Balaban J connectivity index is 1.25. The molecule has 1 aromatic heterocycles. The summed E-state index contributed by atoms with van der Waals surface area (Å²) in [5, 5.41) is 0.681. The highest BCUT2D eigenvalue weighted by Crippen LogP contribution is 2.32. The van der Waals surface area contributed by atoms with Crippen molar-refractivity contribution in [3.05, 3.63) is 107 Å². The lowest BCUT2D eigenvalue weighted by Crippen LogP contribution is -2.51. The molecule has 0 unspecified atom stereocenters. The molecular weight excluding hydrogens is 523 g/mol. The Bertz CT molecular complexity index is 1370. The van der Waals surface area contributed by atoms with Gasteiger partial charge in [-0.05, 0) is 29.3 Å². The molecule has 0 radical (unpaired) electrons. The van der Waals surface area contributed by atoms with Crippen LogP contribution >= 0.6 is 11.5 Å². The molecule has 10 heteroatoms. The molecule has 1 aliphatic rings. The predicted octanol–water partition coefficient (Wildman–Crippen LogP) is 5.50. The van der Waals surface area contributed by atoms with Crippen LogP contribution in [-0.2, 0) is 23.9 Å². The number of hydrogen-bond acceptors (Lipinski definition) is 6. The van der Waals surface area contributed by atoms with Crippen LogP contribution < -0.4 is 9.80 Å². The van der Waals surface area contributed by atoms with Crippen molar-refractivity contribution in [1.29, 1.82) is 0 Å². The van der Waals surface area contributed by atoms with E-state index in [1.807, 2.05) is 70.5 Å². The minimum Gasteiger partial charge on any atom is -0.368 e. The second-order valence-corrected chi connectivity index (χ2v) is 10.1. The highest BCUT2D eigenvalue weighted by Gasteiger charge is 2.31. The van der Waals surface area contributed by atoms with Crippen molar-refractivity contribution in [3.8, 4) is 0 Å². The molecule has 0 spiro atoms. The fraction of sp³-hybridized carbons (Fsp3) is 0.276. The minimum absolute atomic E-state index is 0.0468. The zero-order valence-electron chi connectivity index (χ0n) is 21.2. The van der Waals surface area contributed by atoms with E-state index >= 15 is 0 Å². The molecule has 0 aliphatic carbocycles. The molecule has 6 nitrogen and oxygen atoms in total. The maximum Gasteiger partial charge on any atom is 0.416 e. The van der Waals surface area contributed by atoms with Crippen molar-refractivity contribution in [1.82, 2.24) is 14.3 Å². The summed E-state index contributed by atoms with van der Waals surface area (Å²) in [6.45, 7) is 2.44. The molecule has 3 aromatic carbocycles. The van der Waals surface area contributed by atoms with Crippen LogP contribution in [0.4, 0.5) is 24.0 Å². The summed E-state index contributed by atoms with van der Waals surface area (Å²) in [5.41, 5.74) is 2.02. The van der Waals surface area contributed by atoms with E-state index in [2.05, 4.69) is 4.37 Å². The van der Waals surface area contributed by atoms with Crippen LogP contribution in [0.5, 0.6) is 0 Å². The number of rotatable bonds is 8. The maximum atomic E-state index is 13.4. The molecule has 1 aliphatic heterocycles. The van der Waals surface area contributed by atoms with Gasteiger partial charge in [-0.1, -0.05) is 66.7 Å². The van der Waals surface area contributed by atoms with Crippen molar-refractivity contribution in [3.63, 3.8) is 0 Å². The summed E-state index contributed by atoms with van der Waals surface area (Å²) >= 11 is 1.28. The van der Waals surface area contributed by atoms with Crippen LogP contribution in [0.2, 0.25) is 0 Å². The first-order valence-corrected chi connectivity index (χ1v) is 13.5. The van der Waals surface area contributed by atoms with Gasteiger partial charge in [0.25, 0.3) is 0 Å². The van der Waals surface area contributed by atoms with E-state index in [1.54, 1.807) is 11.0 Å². The van der Waals surface area contributed by atoms with Gasteiger partial charge in [0.1, 0.15) is 5.82 Å². The summed E-state index contributed by atoms with van der Waals surface area (Å²) in [6.07, 6.45) is -3.77. The number of nitrogens with zero attached hydrogens (tertiary/aromatic N) is 5. The quantitative estimate of drug-likeness (QED) is 0.289. The van der Waals surface area contributed by atoms with E-state index in [0.717, 1.165) is 17.2 Å². The van der Waals surface area contributed by atoms with Gasteiger partial charge in [0, 0.05) is 56.4 Å². The number of benzene rings is 3. The average molecular weight is 552 g/mol. The minimum atomic E-state index is -4.39. The van der Waals surface area contributed by atoms with Gasteiger partial charge in [-0.2, -0.15) is 17.5 Å². The first-order valence-electron chi connectivity index (χ1n) is 12.7. The molecule has 5 rings (SSSR count). The number of hydrogen-bond donors (Lipinski definition) is 0. The standard InChI is InChI=1S/C29H28F3N5OS/c30-29(31,32)24-12-7-13-25(19-24)35-14-16-36(17-15-35)27(38)21-37(20-23-10-5-2-6-11-23)28-33-26(34-39-28)18-22-8-3-1-4-9-22/h1-13,19H,14-18,20-21H2. The topological polar surface area (TPSA) is 52.6 Å². The molecule has 2 heterocycles. The van der Waals surface area contributed by atoms with Crippen LogP contribution in [0.25, 0.3) is 0 Å². The van der Waals surface area contributed by atoms with Gasteiger partial charge in [0.05, 0.1) is 12.1 Å². The Morgan fingerprint density at radius 2 is 1.54 bits per heavy atom. The molecule has 1 saturated heterocycles. The molecule has 0 saturated carbocycles. The highest BCUT2D eigenvalue weighted by molar-refractivity contribution is 7.09. The SMILES string of the molecule is O=C(CN(Cc1ccccc1)c1nc(Cc2ccccc2)ns1)N1CCN(c2cccc(C(F)(F)F)c2)CC1. The third-order valence-electron chi connectivity index (χ3n) is 6.65. The molecule has 0 atom stereocenters. The zero-order chi connectivity index (χ0) is 27.2. The molecule has 1 amide bonds. The van der Waals surface area contributed by atoms with Crippen molar-refractivity contribution in [2.24, 2.45) is 0 Å². The van der Waals surface area contributed by atoms with Gasteiger partial charge < -0.3 is 14.7 Å². The predicted molar refractivity (Wildman–Crippen MR) is 147 cm³/mol. The monoisotopic (exact) mass is 551 g/mol. The van der Waals surface area contributed by atoms with E-state index < -0.39 is 11.7 Å². The lowest BCUT2D eigenvalue weighted by atomic mass is 10.1. The molecule has 202 valence electrons. The van der Waals surface area contributed by atoms with E-state index in [4.69, 9.17) is 4.98 Å². The Labute approximate surface area is 229 Å². The number of anilines is 2.